The molecule has 0 spiro atoms. The highest BCUT2D eigenvalue weighted by atomic mass is 17.2. The van der Waals surface area contributed by atoms with Crippen LogP contribution in [-0.2, 0) is 21.0 Å². The average Bonchev–Trinajstić information content (AvgIpc) is 3.36. The molecule has 5 nitrogen and oxygen atoms in total. The summed E-state index contributed by atoms with van der Waals surface area (Å²) in [7, 11) is 0. The fourth-order valence-electron chi connectivity index (χ4n) is 4.37. The van der Waals surface area contributed by atoms with Crippen molar-refractivity contribution in [1.29, 1.82) is 0 Å². The molecule has 2 aliphatic rings. The molecule has 1 saturated heterocycles. The molecule has 5 heteroatoms. The van der Waals surface area contributed by atoms with Gasteiger partial charge in [-0.1, -0.05) is 54.6 Å². The van der Waals surface area contributed by atoms with Crippen LogP contribution in [0.2, 0.25) is 0 Å². The third kappa shape index (κ3) is 6.79. The predicted octanol–water partition coefficient (Wildman–Crippen LogP) is 4.12. The monoisotopic (exact) mass is 413 g/mol. The summed E-state index contributed by atoms with van der Waals surface area (Å²) in [4.78, 5) is 22.4. The van der Waals surface area contributed by atoms with E-state index in [9.17, 15) is 9.90 Å². The molecule has 2 N–H and O–H groups in total. The second-order valence-electron chi connectivity index (χ2n) is 8.28. The highest BCUT2D eigenvalue weighted by molar-refractivity contribution is 5.75. The van der Waals surface area contributed by atoms with E-state index in [1.54, 1.807) is 0 Å². The van der Waals surface area contributed by atoms with Crippen molar-refractivity contribution in [2.24, 2.45) is 11.8 Å². The predicted molar refractivity (Wildman–Crippen MR) is 118 cm³/mol. The van der Waals surface area contributed by atoms with E-state index in [0.29, 0.717) is 18.9 Å². The first-order valence-corrected chi connectivity index (χ1v) is 11.3. The molecule has 3 rings (SSSR count). The summed E-state index contributed by atoms with van der Waals surface area (Å²) in [6.07, 6.45) is 14.0. The van der Waals surface area contributed by atoms with Crippen LogP contribution >= 0.6 is 0 Å². The number of carbonyl (C=O) groups excluding carboxylic acids is 1. The van der Waals surface area contributed by atoms with E-state index in [1.165, 1.54) is 5.56 Å². The summed E-state index contributed by atoms with van der Waals surface area (Å²) in [5.74, 6) is 0.775. The van der Waals surface area contributed by atoms with E-state index < -0.39 is 6.10 Å². The fourth-order valence-corrected chi connectivity index (χ4v) is 4.37. The Kier molecular flexibility index (Phi) is 9.12. The molecule has 2 fully saturated rings. The Morgan fingerprint density at radius 2 is 2.03 bits per heavy atom. The number of aliphatic hydroxyl groups is 1. The highest BCUT2D eigenvalue weighted by Gasteiger charge is 2.49. The minimum atomic E-state index is -0.448. The van der Waals surface area contributed by atoms with Gasteiger partial charge in [0, 0.05) is 31.2 Å². The summed E-state index contributed by atoms with van der Waals surface area (Å²) in [5.41, 5.74) is 1.25. The molecule has 0 aromatic heterocycles. The minimum Gasteiger partial charge on any atom is -0.389 e. The molecule has 1 aromatic rings. The fraction of sp³-hybridized carbons (Fsp3) is 0.560. The van der Waals surface area contributed by atoms with Crippen LogP contribution in [0.5, 0.6) is 0 Å². The van der Waals surface area contributed by atoms with Gasteiger partial charge in [0.25, 0.3) is 0 Å². The number of carbonyl (C=O) groups is 1. The Bertz CT molecular complexity index is 702. The Morgan fingerprint density at radius 3 is 2.83 bits per heavy atom. The lowest BCUT2D eigenvalue weighted by Gasteiger charge is -2.27. The van der Waals surface area contributed by atoms with Crippen LogP contribution in [0.25, 0.3) is 0 Å². The van der Waals surface area contributed by atoms with E-state index >= 15 is 0 Å². The SMILES string of the molecule is CCNC(=O)CCC/C=C\C[C@@H]1[C@@H](/C=C/[C@@H](O)CCc2ccccc2)[C@@H]2C[C@H]1OO2. The Balaban J connectivity index is 1.42. The van der Waals surface area contributed by atoms with Crippen LogP contribution in [0.1, 0.15) is 51.0 Å². The van der Waals surface area contributed by atoms with E-state index in [-0.39, 0.29) is 24.0 Å². The molecule has 1 heterocycles. The first-order chi connectivity index (χ1) is 14.7. The summed E-state index contributed by atoms with van der Waals surface area (Å²) in [6.45, 7) is 2.63. The maximum atomic E-state index is 11.5. The molecule has 30 heavy (non-hydrogen) atoms. The van der Waals surface area contributed by atoms with Gasteiger partial charge in [0.15, 0.2) is 0 Å². The van der Waals surface area contributed by atoms with Crippen LogP contribution < -0.4 is 5.32 Å². The van der Waals surface area contributed by atoms with Gasteiger partial charge in [0.05, 0.1) is 12.2 Å². The van der Waals surface area contributed by atoms with Crippen molar-refractivity contribution in [1.82, 2.24) is 5.32 Å². The Labute approximate surface area is 180 Å². The van der Waals surface area contributed by atoms with Gasteiger partial charge in [-0.25, -0.2) is 9.78 Å². The number of rotatable bonds is 12. The molecule has 1 aliphatic heterocycles. The van der Waals surface area contributed by atoms with Crippen molar-refractivity contribution in [3.05, 3.63) is 60.2 Å². The number of allylic oxidation sites excluding steroid dienone is 2. The molecule has 1 amide bonds. The van der Waals surface area contributed by atoms with Crippen molar-refractivity contribution in [2.45, 2.75) is 70.2 Å². The molecule has 1 aliphatic carbocycles. The highest BCUT2D eigenvalue weighted by Crippen LogP contribution is 2.44. The van der Waals surface area contributed by atoms with Crippen molar-refractivity contribution in [3.63, 3.8) is 0 Å². The van der Waals surface area contributed by atoms with Gasteiger partial charge < -0.3 is 10.4 Å². The summed E-state index contributed by atoms with van der Waals surface area (Å²) >= 11 is 0. The largest absolute Gasteiger partial charge is 0.389 e. The first-order valence-electron chi connectivity index (χ1n) is 11.3. The number of benzene rings is 1. The molecule has 1 aromatic carbocycles. The van der Waals surface area contributed by atoms with Crippen molar-refractivity contribution < 1.29 is 19.7 Å². The standard InChI is InChI=1S/C25H35NO4/c1-2-26-25(28)13-9-4-3-8-12-21-22(24-18-23(21)29-30-24)17-16-20(27)15-14-19-10-6-5-7-11-19/h3,5-8,10-11,16-17,20-24,27H,2,4,9,12-15,18H2,1H3,(H,26,28)/b8-3-,17-16+/t20-,21+,22+,23+,24-/m0/s1. The zero-order chi connectivity index (χ0) is 21.2. The second kappa shape index (κ2) is 12.0. The normalized spacial score (nSPS) is 26.6. The van der Waals surface area contributed by atoms with Gasteiger partial charge in [0.2, 0.25) is 5.91 Å². The third-order valence-electron chi connectivity index (χ3n) is 6.02. The number of fused-ring (bicyclic) bond motifs is 2. The lowest BCUT2D eigenvalue weighted by Crippen LogP contribution is -2.28. The Hall–Kier alpha value is -1.95. The van der Waals surface area contributed by atoms with Gasteiger partial charge in [-0.05, 0) is 44.6 Å². The molecule has 1 saturated carbocycles. The van der Waals surface area contributed by atoms with Gasteiger partial charge in [-0.2, -0.15) is 0 Å². The molecule has 5 atom stereocenters. The third-order valence-corrected chi connectivity index (χ3v) is 6.02. The van der Waals surface area contributed by atoms with E-state index in [0.717, 1.165) is 38.5 Å². The second-order valence-corrected chi connectivity index (χ2v) is 8.28. The summed E-state index contributed by atoms with van der Waals surface area (Å²) < 4.78 is 0. The average molecular weight is 414 g/mol. The quantitative estimate of drug-likeness (QED) is 0.307. The molecular formula is C25H35NO4. The van der Waals surface area contributed by atoms with Crippen molar-refractivity contribution >= 4 is 5.91 Å². The van der Waals surface area contributed by atoms with E-state index in [2.05, 4.69) is 35.7 Å². The maximum Gasteiger partial charge on any atom is 0.219 e. The summed E-state index contributed by atoms with van der Waals surface area (Å²) in [5, 5.41) is 13.2. The van der Waals surface area contributed by atoms with E-state index in [4.69, 9.17) is 9.78 Å². The first kappa shape index (κ1) is 22.7. The number of amides is 1. The molecular weight excluding hydrogens is 378 g/mol. The van der Waals surface area contributed by atoms with Crippen molar-refractivity contribution in [2.75, 3.05) is 6.54 Å². The number of aliphatic hydroxyl groups excluding tert-OH is 1. The molecule has 164 valence electrons. The van der Waals surface area contributed by atoms with Gasteiger partial charge in [-0.3, -0.25) is 4.79 Å². The number of nitrogens with one attached hydrogen (secondary N) is 1. The molecule has 0 radical (unpaired) electrons. The van der Waals surface area contributed by atoms with Gasteiger partial charge in [-0.15, -0.1) is 0 Å². The van der Waals surface area contributed by atoms with Crippen molar-refractivity contribution in [3.8, 4) is 0 Å². The van der Waals surface area contributed by atoms with E-state index in [1.807, 2.05) is 31.2 Å². The zero-order valence-electron chi connectivity index (χ0n) is 17.9. The zero-order valence-corrected chi connectivity index (χ0v) is 17.9. The number of aryl methyl sites for hydroxylation is 1. The summed E-state index contributed by atoms with van der Waals surface area (Å²) in [6, 6.07) is 10.3. The van der Waals surface area contributed by atoms with Gasteiger partial charge in [0.1, 0.15) is 6.10 Å². The lowest BCUT2D eigenvalue weighted by molar-refractivity contribution is -0.336. The maximum absolute atomic E-state index is 11.5. The van der Waals surface area contributed by atoms with Crippen LogP contribution in [-0.4, -0.2) is 35.9 Å². The van der Waals surface area contributed by atoms with Crippen LogP contribution in [0, 0.1) is 11.8 Å². The number of hydrogen-bond acceptors (Lipinski definition) is 4. The Morgan fingerprint density at radius 1 is 1.23 bits per heavy atom. The smallest absolute Gasteiger partial charge is 0.219 e. The minimum absolute atomic E-state index is 0.0868. The van der Waals surface area contributed by atoms with Crippen LogP contribution in [0.3, 0.4) is 0 Å². The number of unbranched alkanes of at least 4 members (excludes halogenated alkanes) is 1. The van der Waals surface area contributed by atoms with Crippen LogP contribution in [0.15, 0.2) is 54.6 Å². The number of hydrogen-bond donors (Lipinski definition) is 2. The lowest BCUT2D eigenvalue weighted by atomic mass is 9.89. The molecule has 0 unspecified atom stereocenters. The molecule has 2 bridgehead atoms. The topological polar surface area (TPSA) is 67.8 Å². The van der Waals surface area contributed by atoms with Gasteiger partial charge >= 0.3 is 0 Å². The van der Waals surface area contributed by atoms with Crippen LogP contribution in [0.4, 0.5) is 0 Å².